The highest BCUT2D eigenvalue weighted by Gasteiger charge is 2.21. The van der Waals surface area contributed by atoms with Crippen LogP contribution in [0.4, 0.5) is 5.69 Å². The van der Waals surface area contributed by atoms with Gasteiger partial charge in [-0.05, 0) is 88.3 Å². The molecule has 0 unspecified atom stereocenters. The predicted molar refractivity (Wildman–Crippen MR) is 119 cm³/mol. The second kappa shape index (κ2) is 9.14. The highest BCUT2D eigenvalue weighted by atomic mass is 35.5. The maximum absolute atomic E-state index is 12.9. The Morgan fingerprint density at radius 2 is 1.33 bits per heavy atom. The molecule has 0 aliphatic carbocycles. The molecule has 4 rings (SSSR count). The highest BCUT2D eigenvalue weighted by molar-refractivity contribution is 7.92. The average Bonchev–Trinajstić information content (AvgIpc) is 3.40. The zero-order valence-corrected chi connectivity index (χ0v) is 18.6. The van der Waals surface area contributed by atoms with E-state index in [9.17, 15) is 13.5 Å². The number of phenols is 1. The second-order valence-electron chi connectivity index (χ2n) is 8.17. The molecular formula is C22H28ClN3O3S. The van der Waals surface area contributed by atoms with Gasteiger partial charge in [0.25, 0.3) is 10.0 Å². The standard InChI is InChI=1S/C22H28ClN3O3S/c23-19-5-7-21(8-6-19)30(28,29)24-20-13-17(15-25-9-1-2-10-25)22(27)18(14-20)16-26-11-3-4-12-26/h5-8,13-14,24,27H,1-4,9-12,15-16H2. The number of nitrogens with one attached hydrogen (secondary N) is 1. The second-order valence-corrected chi connectivity index (χ2v) is 10.3. The lowest BCUT2D eigenvalue weighted by atomic mass is 10.1. The van der Waals surface area contributed by atoms with E-state index in [-0.39, 0.29) is 10.6 Å². The van der Waals surface area contributed by atoms with Crippen LogP contribution < -0.4 is 4.72 Å². The summed E-state index contributed by atoms with van der Waals surface area (Å²) >= 11 is 5.89. The number of aromatic hydroxyl groups is 1. The Morgan fingerprint density at radius 1 is 0.867 bits per heavy atom. The first-order valence-corrected chi connectivity index (χ1v) is 12.3. The molecule has 0 atom stereocenters. The summed E-state index contributed by atoms with van der Waals surface area (Å²) in [6.45, 7) is 5.25. The molecule has 30 heavy (non-hydrogen) atoms. The lowest BCUT2D eigenvalue weighted by Gasteiger charge is -2.21. The minimum Gasteiger partial charge on any atom is -0.507 e. The van der Waals surface area contributed by atoms with Crippen molar-refractivity contribution in [1.29, 1.82) is 0 Å². The van der Waals surface area contributed by atoms with Gasteiger partial charge in [0.1, 0.15) is 5.75 Å². The summed E-state index contributed by atoms with van der Waals surface area (Å²) in [4.78, 5) is 4.75. The van der Waals surface area contributed by atoms with Crippen LogP contribution in [0.1, 0.15) is 36.8 Å². The Labute approximate surface area is 183 Å². The van der Waals surface area contributed by atoms with Crippen LogP contribution in [0, 0.1) is 0 Å². The molecule has 2 heterocycles. The van der Waals surface area contributed by atoms with Gasteiger partial charge in [-0.2, -0.15) is 0 Å². The molecule has 2 aromatic carbocycles. The van der Waals surface area contributed by atoms with Gasteiger partial charge in [-0.25, -0.2) is 8.42 Å². The van der Waals surface area contributed by atoms with Crippen molar-refractivity contribution >= 4 is 27.3 Å². The molecule has 0 spiro atoms. The zero-order chi connectivity index (χ0) is 21.1. The van der Waals surface area contributed by atoms with E-state index < -0.39 is 10.0 Å². The predicted octanol–water partition coefficient (Wildman–Crippen LogP) is 4.04. The molecule has 162 valence electrons. The number of benzene rings is 2. The fraction of sp³-hybridized carbons (Fsp3) is 0.455. The molecule has 0 saturated carbocycles. The lowest BCUT2D eigenvalue weighted by molar-refractivity contribution is 0.312. The number of nitrogens with zero attached hydrogens (tertiary/aromatic N) is 2. The van der Waals surface area contributed by atoms with Crippen LogP contribution in [0.15, 0.2) is 41.3 Å². The van der Waals surface area contributed by atoms with Crippen molar-refractivity contribution in [1.82, 2.24) is 9.80 Å². The Hall–Kier alpha value is -1.80. The number of anilines is 1. The first-order valence-electron chi connectivity index (χ1n) is 10.5. The van der Waals surface area contributed by atoms with E-state index in [1.54, 1.807) is 24.3 Å². The van der Waals surface area contributed by atoms with E-state index in [1.165, 1.54) is 12.1 Å². The summed E-state index contributed by atoms with van der Waals surface area (Å²) in [5.41, 5.74) is 2.01. The van der Waals surface area contributed by atoms with Gasteiger partial charge in [0, 0.05) is 34.9 Å². The van der Waals surface area contributed by atoms with Gasteiger partial charge in [-0.15, -0.1) is 0 Å². The summed E-state index contributed by atoms with van der Waals surface area (Å²) in [5.74, 6) is 0.281. The van der Waals surface area contributed by atoms with Crippen LogP contribution >= 0.6 is 11.6 Å². The van der Waals surface area contributed by atoms with Crippen molar-refractivity contribution in [3.63, 3.8) is 0 Å². The Bertz CT molecular complexity index is 944. The van der Waals surface area contributed by atoms with E-state index in [2.05, 4.69) is 14.5 Å². The van der Waals surface area contributed by atoms with E-state index in [1.807, 2.05) is 0 Å². The first kappa shape index (κ1) is 21.4. The monoisotopic (exact) mass is 449 g/mol. The summed E-state index contributed by atoms with van der Waals surface area (Å²) in [7, 11) is -3.75. The lowest BCUT2D eigenvalue weighted by Crippen LogP contribution is -2.21. The number of phenolic OH excluding ortho intramolecular Hbond substituents is 1. The molecule has 0 amide bonds. The molecule has 8 heteroatoms. The van der Waals surface area contributed by atoms with Gasteiger partial charge in [0.15, 0.2) is 0 Å². The third-order valence-corrected chi connectivity index (χ3v) is 7.48. The molecule has 6 nitrogen and oxygen atoms in total. The number of likely N-dealkylation sites (tertiary alicyclic amines) is 2. The van der Waals surface area contributed by atoms with Crippen LogP contribution in [0.2, 0.25) is 5.02 Å². The van der Waals surface area contributed by atoms with Crippen LogP contribution in [-0.4, -0.2) is 49.5 Å². The zero-order valence-electron chi connectivity index (χ0n) is 17.0. The van der Waals surface area contributed by atoms with Gasteiger partial charge in [0.05, 0.1) is 4.90 Å². The third-order valence-electron chi connectivity index (χ3n) is 5.83. The summed E-state index contributed by atoms with van der Waals surface area (Å²) in [5, 5.41) is 11.4. The smallest absolute Gasteiger partial charge is 0.261 e. The minimum absolute atomic E-state index is 0.155. The van der Waals surface area contributed by atoms with Crippen LogP contribution in [-0.2, 0) is 23.1 Å². The normalized spacial score (nSPS) is 18.2. The van der Waals surface area contributed by atoms with Crippen LogP contribution in [0.3, 0.4) is 0 Å². The molecule has 2 N–H and O–H groups in total. The molecular weight excluding hydrogens is 422 g/mol. The number of hydrogen-bond acceptors (Lipinski definition) is 5. The Balaban J connectivity index is 1.63. The number of hydrogen-bond donors (Lipinski definition) is 2. The largest absolute Gasteiger partial charge is 0.507 e. The van der Waals surface area contributed by atoms with Crippen LogP contribution in [0.25, 0.3) is 0 Å². The minimum atomic E-state index is -3.75. The Morgan fingerprint density at radius 3 is 1.80 bits per heavy atom. The van der Waals surface area contributed by atoms with Gasteiger partial charge in [-0.3, -0.25) is 14.5 Å². The molecule has 2 aliphatic rings. The van der Waals surface area contributed by atoms with E-state index in [4.69, 9.17) is 11.6 Å². The van der Waals surface area contributed by atoms with Gasteiger partial charge >= 0.3 is 0 Å². The summed E-state index contributed by atoms with van der Waals surface area (Å²) in [6, 6.07) is 9.61. The first-order chi connectivity index (χ1) is 14.4. The molecule has 0 aromatic heterocycles. The number of sulfonamides is 1. The maximum atomic E-state index is 12.9. The van der Waals surface area contributed by atoms with Crippen molar-refractivity contribution in [3.8, 4) is 5.75 Å². The summed E-state index contributed by atoms with van der Waals surface area (Å²) < 4.78 is 28.4. The fourth-order valence-electron chi connectivity index (χ4n) is 4.25. The van der Waals surface area contributed by atoms with Crippen LogP contribution in [0.5, 0.6) is 5.75 Å². The highest BCUT2D eigenvalue weighted by Crippen LogP contribution is 2.32. The van der Waals surface area contributed by atoms with Gasteiger partial charge in [0.2, 0.25) is 0 Å². The maximum Gasteiger partial charge on any atom is 0.261 e. The molecule has 2 aliphatic heterocycles. The van der Waals surface area contributed by atoms with Gasteiger partial charge < -0.3 is 5.11 Å². The molecule has 2 aromatic rings. The average molecular weight is 450 g/mol. The van der Waals surface area contributed by atoms with Crippen molar-refractivity contribution in [2.75, 3.05) is 30.9 Å². The number of rotatable bonds is 7. The third kappa shape index (κ3) is 5.09. The quantitative estimate of drug-likeness (QED) is 0.624. The summed E-state index contributed by atoms with van der Waals surface area (Å²) in [6.07, 6.45) is 4.63. The molecule has 2 saturated heterocycles. The van der Waals surface area contributed by atoms with Crippen molar-refractivity contribution < 1.29 is 13.5 Å². The molecule has 2 fully saturated rings. The van der Waals surface area contributed by atoms with Gasteiger partial charge in [-0.1, -0.05) is 11.6 Å². The SMILES string of the molecule is O=S(=O)(Nc1cc(CN2CCCC2)c(O)c(CN2CCCC2)c1)c1ccc(Cl)cc1. The Kier molecular flexibility index (Phi) is 6.53. The number of halogens is 1. The van der Waals surface area contributed by atoms with Crippen molar-refractivity contribution in [2.24, 2.45) is 0 Å². The topological polar surface area (TPSA) is 72.9 Å². The van der Waals surface area contributed by atoms with E-state index in [0.29, 0.717) is 23.8 Å². The van der Waals surface area contributed by atoms with E-state index >= 15 is 0 Å². The van der Waals surface area contributed by atoms with Crippen molar-refractivity contribution in [2.45, 2.75) is 43.7 Å². The fourth-order valence-corrected chi connectivity index (χ4v) is 5.42. The van der Waals surface area contributed by atoms with Crippen molar-refractivity contribution in [3.05, 3.63) is 52.5 Å². The van der Waals surface area contributed by atoms with E-state index in [0.717, 1.165) is 63.0 Å². The molecule has 0 bridgehead atoms. The molecule has 0 radical (unpaired) electrons.